The topological polar surface area (TPSA) is 77.1 Å². The number of carboxylic acid groups (broad SMARTS) is 1. The molecule has 0 fully saturated rings. The van der Waals surface area contributed by atoms with Gasteiger partial charge in [-0.3, -0.25) is 0 Å². The lowest BCUT2D eigenvalue weighted by Crippen LogP contribution is -2.23. The molecule has 7 heteroatoms. The van der Waals surface area contributed by atoms with Gasteiger partial charge < -0.3 is 28.8 Å². The average Bonchev–Trinajstić information content (AvgIpc) is 2.51. The summed E-state index contributed by atoms with van der Waals surface area (Å²) in [6.45, 7) is 13.1. The van der Waals surface area contributed by atoms with Gasteiger partial charge in [-0.1, -0.05) is 0 Å². The van der Waals surface area contributed by atoms with E-state index in [0.29, 0.717) is 26.4 Å². The van der Waals surface area contributed by atoms with Gasteiger partial charge >= 0.3 is 0 Å². The van der Waals surface area contributed by atoms with Crippen molar-refractivity contribution in [1.82, 2.24) is 0 Å². The quantitative estimate of drug-likeness (QED) is 0.344. The van der Waals surface area contributed by atoms with Gasteiger partial charge in [-0.25, -0.2) is 0 Å². The van der Waals surface area contributed by atoms with Gasteiger partial charge in [0.15, 0.2) is 0 Å². The molecule has 0 rings (SSSR count). The molecular formula is C16H35O6P. The minimum absolute atomic E-state index is 0.0495. The van der Waals surface area contributed by atoms with Gasteiger partial charge in [-0.05, 0) is 13.8 Å². The predicted octanol–water partition coefficient (Wildman–Crippen LogP) is 1.13. The van der Waals surface area contributed by atoms with Gasteiger partial charge in [0.1, 0.15) is 0 Å². The number of hydrogen-bond donors (Lipinski definition) is 0. The normalized spacial score (nSPS) is 11.0. The zero-order valence-electron chi connectivity index (χ0n) is 15.5. The Bertz CT molecular complexity index is 261. The molecule has 0 aromatic heterocycles. The molecule has 0 radical (unpaired) electrons. The highest BCUT2D eigenvalue weighted by atomic mass is 31.2. The van der Waals surface area contributed by atoms with Crippen LogP contribution in [0, 0.1) is 0 Å². The Morgan fingerprint density at radius 2 is 1.48 bits per heavy atom. The summed E-state index contributed by atoms with van der Waals surface area (Å²) in [5.41, 5.74) is 0. The first-order valence-electron chi connectivity index (χ1n) is 8.13. The van der Waals surface area contributed by atoms with Crippen LogP contribution < -0.4 is 5.11 Å². The van der Waals surface area contributed by atoms with Crippen LogP contribution in [-0.4, -0.2) is 85.0 Å². The van der Waals surface area contributed by atoms with Crippen molar-refractivity contribution in [1.29, 1.82) is 0 Å². The number of rotatable bonds is 14. The Morgan fingerprint density at radius 1 is 0.913 bits per heavy atom. The molecule has 0 aliphatic rings. The van der Waals surface area contributed by atoms with Gasteiger partial charge in [0.05, 0.1) is 52.0 Å². The van der Waals surface area contributed by atoms with E-state index in [1.165, 1.54) is 12.3 Å². The van der Waals surface area contributed by atoms with Crippen molar-refractivity contribution >= 4 is 13.2 Å². The largest absolute Gasteiger partial charge is 0.550 e. The van der Waals surface area contributed by atoms with Crippen LogP contribution in [0.15, 0.2) is 0 Å². The monoisotopic (exact) mass is 354 g/mol. The molecule has 0 N–H and O–H groups in total. The summed E-state index contributed by atoms with van der Waals surface area (Å²) in [6, 6.07) is 0. The van der Waals surface area contributed by atoms with Gasteiger partial charge in [-0.2, -0.15) is 0 Å². The van der Waals surface area contributed by atoms with E-state index in [0.717, 1.165) is 13.2 Å². The van der Waals surface area contributed by atoms with Crippen molar-refractivity contribution in [2.75, 3.05) is 79.0 Å². The predicted molar refractivity (Wildman–Crippen MR) is 93.8 cm³/mol. The number of aliphatic carboxylic acids is 1. The molecule has 0 saturated heterocycles. The highest BCUT2D eigenvalue weighted by Crippen LogP contribution is 2.49. The second-order valence-corrected chi connectivity index (χ2v) is 10.5. The standard InChI is InChI=1S/C9H22O2P.C7H14O4/c1-5-12(3,4)9-8-11-7-6-10-2;1-2-10-5-6-11-4-3-7(8)9/h5-9H2,1-4H3;2-6H2,1H3,(H,8,9)/q+1;/p-1. The number of ether oxygens (including phenoxy) is 4. The fourth-order valence-electron chi connectivity index (χ4n) is 1.23. The van der Waals surface area contributed by atoms with Crippen molar-refractivity contribution in [3.63, 3.8) is 0 Å². The Hall–Kier alpha value is -0.260. The second kappa shape index (κ2) is 18.1. The summed E-state index contributed by atoms with van der Waals surface area (Å²) in [5.74, 6) is -1.08. The summed E-state index contributed by atoms with van der Waals surface area (Å²) in [6.07, 6.45) is 2.51. The molecule has 0 aromatic rings. The highest BCUT2D eigenvalue weighted by Gasteiger charge is 2.20. The lowest BCUT2D eigenvalue weighted by atomic mass is 10.5. The van der Waals surface area contributed by atoms with E-state index in [-0.39, 0.29) is 13.0 Å². The summed E-state index contributed by atoms with van der Waals surface area (Å²) in [7, 11) is 1.06. The molecule has 0 aliphatic carbocycles. The third-order valence-electron chi connectivity index (χ3n) is 3.16. The first-order chi connectivity index (χ1) is 10.9. The van der Waals surface area contributed by atoms with E-state index in [4.69, 9.17) is 18.9 Å². The maximum Gasteiger partial charge on any atom is 0.0822 e. The molecule has 0 atom stereocenters. The van der Waals surface area contributed by atoms with E-state index in [1.54, 1.807) is 7.11 Å². The SMILES string of the molecule is CCOCCOCCC(=O)[O-].CC[P+](C)(C)CCOCCOC. The zero-order chi connectivity index (χ0) is 18.0. The average molecular weight is 354 g/mol. The first kappa shape index (κ1) is 25.0. The number of carboxylic acids is 1. The molecule has 0 amide bonds. The van der Waals surface area contributed by atoms with Gasteiger partial charge in [-0.15, -0.1) is 0 Å². The molecule has 140 valence electrons. The lowest BCUT2D eigenvalue weighted by molar-refractivity contribution is -0.306. The number of carbonyl (C=O) groups excluding carboxylic acids is 1. The van der Waals surface area contributed by atoms with E-state index in [2.05, 4.69) is 20.3 Å². The molecule has 0 spiro atoms. The Balaban J connectivity index is 0. The number of carbonyl (C=O) groups is 1. The molecule has 0 heterocycles. The minimum Gasteiger partial charge on any atom is -0.550 e. The number of methoxy groups -OCH3 is 1. The summed E-state index contributed by atoms with van der Waals surface area (Å²) in [4.78, 5) is 9.87. The molecule has 0 saturated carbocycles. The van der Waals surface area contributed by atoms with Crippen molar-refractivity contribution in [2.24, 2.45) is 0 Å². The van der Waals surface area contributed by atoms with Crippen LogP contribution in [0.1, 0.15) is 20.3 Å². The smallest absolute Gasteiger partial charge is 0.0822 e. The summed E-state index contributed by atoms with van der Waals surface area (Å²) >= 11 is 0. The van der Waals surface area contributed by atoms with Crippen LogP contribution in [0.5, 0.6) is 0 Å². The second-order valence-electron chi connectivity index (χ2n) is 5.51. The van der Waals surface area contributed by atoms with Crippen LogP contribution in [0.25, 0.3) is 0 Å². The first-order valence-corrected chi connectivity index (χ1v) is 11.2. The molecule has 0 aromatic carbocycles. The van der Waals surface area contributed by atoms with Crippen LogP contribution in [0.2, 0.25) is 0 Å². The Morgan fingerprint density at radius 3 is 2.00 bits per heavy atom. The Kier molecular flexibility index (Phi) is 19.6. The molecule has 23 heavy (non-hydrogen) atoms. The fourth-order valence-corrected chi connectivity index (χ4v) is 2.17. The highest BCUT2D eigenvalue weighted by molar-refractivity contribution is 7.74. The molecule has 0 aliphatic heterocycles. The van der Waals surface area contributed by atoms with E-state index < -0.39 is 13.2 Å². The van der Waals surface area contributed by atoms with Crippen LogP contribution in [0.3, 0.4) is 0 Å². The van der Waals surface area contributed by atoms with Crippen LogP contribution in [0.4, 0.5) is 0 Å². The Labute approximate surface area is 142 Å². The third-order valence-corrected chi connectivity index (χ3v) is 6.26. The maximum atomic E-state index is 9.87. The minimum atomic E-state index is -1.08. The molecule has 0 unspecified atom stereocenters. The number of hydrogen-bond acceptors (Lipinski definition) is 6. The van der Waals surface area contributed by atoms with Gasteiger partial charge in [0.25, 0.3) is 0 Å². The maximum absolute atomic E-state index is 9.87. The van der Waals surface area contributed by atoms with Crippen LogP contribution >= 0.6 is 7.26 Å². The molecule has 0 bridgehead atoms. The zero-order valence-corrected chi connectivity index (χ0v) is 16.4. The van der Waals surface area contributed by atoms with Crippen LogP contribution in [-0.2, 0) is 23.7 Å². The van der Waals surface area contributed by atoms with Gasteiger partial charge in [0, 0.05) is 46.7 Å². The van der Waals surface area contributed by atoms with E-state index in [1.807, 2.05) is 6.92 Å². The van der Waals surface area contributed by atoms with E-state index in [9.17, 15) is 9.90 Å². The summed E-state index contributed by atoms with van der Waals surface area (Å²) < 4.78 is 20.2. The van der Waals surface area contributed by atoms with Crippen molar-refractivity contribution in [2.45, 2.75) is 20.3 Å². The van der Waals surface area contributed by atoms with Gasteiger partial charge in [0.2, 0.25) is 0 Å². The van der Waals surface area contributed by atoms with Crippen molar-refractivity contribution < 1.29 is 28.8 Å². The van der Waals surface area contributed by atoms with E-state index >= 15 is 0 Å². The van der Waals surface area contributed by atoms with Crippen molar-refractivity contribution in [3.05, 3.63) is 0 Å². The molecule has 6 nitrogen and oxygen atoms in total. The van der Waals surface area contributed by atoms with Crippen molar-refractivity contribution in [3.8, 4) is 0 Å². The molecular weight excluding hydrogens is 319 g/mol. The third kappa shape index (κ3) is 24.1. The summed E-state index contributed by atoms with van der Waals surface area (Å²) in [5, 5.41) is 9.87. The lowest BCUT2D eigenvalue weighted by Gasteiger charge is -2.15. The fraction of sp³-hybridized carbons (Fsp3) is 0.938.